The van der Waals surface area contributed by atoms with Gasteiger partial charge in [0.15, 0.2) is 5.84 Å². The van der Waals surface area contributed by atoms with Gasteiger partial charge < -0.3 is 10.9 Å². The van der Waals surface area contributed by atoms with E-state index in [1.165, 1.54) is 7.05 Å². The van der Waals surface area contributed by atoms with Crippen molar-refractivity contribution in [1.29, 1.82) is 0 Å². The predicted molar refractivity (Wildman–Crippen MR) is 57.1 cm³/mol. The van der Waals surface area contributed by atoms with E-state index in [0.717, 1.165) is 17.1 Å². The Morgan fingerprint density at radius 3 is 2.60 bits per heavy atom. The van der Waals surface area contributed by atoms with Gasteiger partial charge in [0.05, 0.1) is 11.8 Å². The second-order valence-electron chi connectivity index (χ2n) is 3.94. The standard InChI is InChI=1S/C8H17N3O3S/c1-6(8(9)10-12)11(2)15(13,14)5-7-3-4-7/h6-7,12H,3-5H2,1-2H3,(H2,9,10). The van der Waals surface area contributed by atoms with Crippen molar-refractivity contribution < 1.29 is 13.6 Å². The van der Waals surface area contributed by atoms with Gasteiger partial charge in [0.1, 0.15) is 0 Å². The Kier molecular flexibility index (Phi) is 3.56. The van der Waals surface area contributed by atoms with Crippen LogP contribution in [0.25, 0.3) is 0 Å². The molecule has 1 aliphatic rings. The Bertz CT molecular complexity index is 348. The molecule has 88 valence electrons. The van der Waals surface area contributed by atoms with Crippen molar-refractivity contribution in [1.82, 2.24) is 4.31 Å². The van der Waals surface area contributed by atoms with Gasteiger partial charge in [-0.3, -0.25) is 0 Å². The summed E-state index contributed by atoms with van der Waals surface area (Å²) < 4.78 is 24.7. The van der Waals surface area contributed by atoms with E-state index in [9.17, 15) is 8.42 Å². The lowest BCUT2D eigenvalue weighted by molar-refractivity contribution is 0.311. The van der Waals surface area contributed by atoms with Gasteiger partial charge in [-0.1, -0.05) is 5.16 Å². The highest BCUT2D eigenvalue weighted by Crippen LogP contribution is 2.31. The minimum Gasteiger partial charge on any atom is -0.409 e. The number of hydrogen-bond acceptors (Lipinski definition) is 4. The number of amidine groups is 1. The lowest BCUT2D eigenvalue weighted by Crippen LogP contribution is -2.44. The molecule has 1 rings (SSSR count). The van der Waals surface area contributed by atoms with Crippen molar-refractivity contribution in [2.45, 2.75) is 25.8 Å². The van der Waals surface area contributed by atoms with Gasteiger partial charge in [-0.15, -0.1) is 0 Å². The van der Waals surface area contributed by atoms with E-state index in [4.69, 9.17) is 10.9 Å². The minimum atomic E-state index is -3.29. The van der Waals surface area contributed by atoms with E-state index in [1.807, 2.05) is 0 Å². The smallest absolute Gasteiger partial charge is 0.214 e. The first-order valence-corrected chi connectivity index (χ1v) is 6.42. The number of likely N-dealkylation sites (N-methyl/N-ethyl adjacent to an activating group) is 1. The number of nitrogens with two attached hydrogens (primary N) is 1. The van der Waals surface area contributed by atoms with Crippen LogP contribution in [-0.4, -0.2) is 42.6 Å². The van der Waals surface area contributed by atoms with Gasteiger partial charge in [0, 0.05) is 7.05 Å². The number of sulfonamides is 1. The molecule has 0 amide bonds. The van der Waals surface area contributed by atoms with E-state index in [0.29, 0.717) is 0 Å². The number of hydrogen-bond donors (Lipinski definition) is 2. The lowest BCUT2D eigenvalue weighted by atomic mass is 10.3. The number of rotatable bonds is 5. The quantitative estimate of drug-likeness (QED) is 0.298. The highest BCUT2D eigenvalue weighted by Gasteiger charge is 2.33. The summed E-state index contributed by atoms with van der Waals surface area (Å²) in [5, 5.41) is 11.3. The first-order chi connectivity index (χ1) is 6.88. The zero-order valence-corrected chi connectivity index (χ0v) is 9.74. The van der Waals surface area contributed by atoms with Gasteiger partial charge in [0.2, 0.25) is 10.0 Å². The zero-order valence-electron chi connectivity index (χ0n) is 8.92. The van der Waals surface area contributed by atoms with E-state index >= 15 is 0 Å². The molecule has 7 heteroatoms. The highest BCUT2D eigenvalue weighted by atomic mass is 32.2. The van der Waals surface area contributed by atoms with Crippen LogP contribution in [0.3, 0.4) is 0 Å². The first kappa shape index (κ1) is 12.3. The molecule has 0 aromatic heterocycles. The van der Waals surface area contributed by atoms with Crippen molar-refractivity contribution in [2.24, 2.45) is 16.8 Å². The molecule has 1 saturated carbocycles. The third-order valence-electron chi connectivity index (χ3n) is 2.67. The van der Waals surface area contributed by atoms with Crippen molar-refractivity contribution in [3.63, 3.8) is 0 Å². The largest absolute Gasteiger partial charge is 0.409 e. The van der Waals surface area contributed by atoms with Crippen LogP contribution in [0.1, 0.15) is 19.8 Å². The van der Waals surface area contributed by atoms with E-state index in [-0.39, 0.29) is 17.5 Å². The molecule has 1 atom stereocenters. The van der Waals surface area contributed by atoms with Crippen molar-refractivity contribution in [3.05, 3.63) is 0 Å². The molecule has 0 bridgehead atoms. The summed E-state index contributed by atoms with van der Waals surface area (Å²) >= 11 is 0. The summed E-state index contributed by atoms with van der Waals surface area (Å²) in [7, 11) is -1.85. The molecule has 3 N–H and O–H groups in total. The van der Waals surface area contributed by atoms with Gasteiger partial charge in [-0.25, -0.2) is 8.42 Å². The molecule has 0 aromatic carbocycles. The molecule has 1 aliphatic carbocycles. The zero-order chi connectivity index (χ0) is 11.6. The fourth-order valence-corrected chi connectivity index (χ4v) is 2.96. The van der Waals surface area contributed by atoms with Crippen molar-refractivity contribution >= 4 is 15.9 Å². The Morgan fingerprint density at radius 2 is 2.20 bits per heavy atom. The topological polar surface area (TPSA) is 96.0 Å². The maximum atomic E-state index is 11.8. The van der Waals surface area contributed by atoms with Crippen molar-refractivity contribution in [2.75, 3.05) is 12.8 Å². The number of nitrogens with zero attached hydrogens (tertiary/aromatic N) is 2. The third-order valence-corrected chi connectivity index (χ3v) is 4.76. The summed E-state index contributed by atoms with van der Waals surface area (Å²) in [5.41, 5.74) is 5.35. The van der Waals surface area contributed by atoms with Gasteiger partial charge >= 0.3 is 0 Å². The monoisotopic (exact) mass is 235 g/mol. The molecular weight excluding hydrogens is 218 g/mol. The summed E-state index contributed by atoms with van der Waals surface area (Å²) in [5.74, 6) is 0.348. The molecule has 1 unspecified atom stereocenters. The van der Waals surface area contributed by atoms with Gasteiger partial charge in [-0.05, 0) is 25.7 Å². The maximum Gasteiger partial charge on any atom is 0.214 e. The molecule has 0 radical (unpaired) electrons. The molecule has 0 heterocycles. The Morgan fingerprint density at radius 1 is 1.67 bits per heavy atom. The summed E-state index contributed by atoms with van der Waals surface area (Å²) in [6.07, 6.45) is 1.95. The van der Waals surface area contributed by atoms with Crippen LogP contribution in [0.15, 0.2) is 5.16 Å². The molecule has 0 spiro atoms. The Balaban J connectivity index is 2.68. The fraction of sp³-hybridized carbons (Fsp3) is 0.875. The average Bonchev–Trinajstić information content (AvgIpc) is 2.97. The molecule has 15 heavy (non-hydrogen) atoms. The molecule has 0 saturated heterocycles. The van der Waals surface area contributed by atoms with Crippen LogP contribution in [0.5, 0.6) is 0 Å². The second kappa shape index (κ2) is 4.36. The van der Waals surface area contributed by atoms with Gasteiger partial charge in [0.25, 0.3) is 0 Å². The lowest BCUT2D eigenvalue weighted by Gasteiger charge is -2.22. The van der Waals surface area contributed by atoms with E-state index in [1.54, 1.807) is 6.92 Å². The normalized spacial score (nSPS) is 20.6. The molecule has 6 nitrogen and oxygen atoms in total. The summed E-state index contributed by atoms with van der Waals surface area (Å²) in [6.45, 7) is 1.58. The second-order valence-corrected chi connectivity index (χ2v) is 6.01. The fourth-order valence-electron chi connectivity index (χ4n) is 1.21. The molecule has 1 fully saturated rings. The van der Waals surface area contributed by atoms with Crippen LogP contribution in [0.2, 0.25) is 0 Å². The van der Waals surface area contributed by atoms with Crippen LogP contribution >= 0.6 is 0 Å². The minimum absolute atomic E-state index is 0.100. The van der Waals surface area contributed by atoms with E-state index in [2.05, 4.69) is 5.16 Å². The van der Waals surface area contributed by atoms with Crippen molar-refractivity contribution in [3.8, 4) is 0 Å². The van der Waals surface area contributed by atoms with Gasteiger partial charge in [-0.2, -0.15) is 4.31 Å². The van der Waals surface area contributed by atoms with Crippen LogP contribution in [-0.2, 0) is 10.0 Å². The van der Waals surface area contributed by atoms with E-state index < -0.39 is 16.1 Å². The summed E-state index contributed by atoms with van der Waals surface area (Å²) in [6, 6.07) is -0.612. The molecular formula is C8H17N3O3S. The predicted octanol–water partition coefficient (Wildman–Crippen LogP) is -0.207. The number of oxime groups is 1. The Labute approximate surface area is 89.8 Å². The maximum absolute atomic E-state index is 11.8. The highest BCUT2D eigenvalue weighted by molar-refractivity contribution is 7.89. The SMILES string of the molecule is CC(C(N)=NO)N(C)S(=O)(=O)CC1CC1. The first-order valence-electron chi connectivity index (χ1n) is 4.81. The van der Waals surface area contributed by atoms with Crippen LogP contribution in [0.4, 0.5) is 0 Å². The third kappa shape index (κ3) is 3.07. The molecule has 0 aliphatic heterocycles. The summed E-state index contributed by atoms with van der Waals surface area (Å²) in [4.78, 5) is 0. The average molecular weight is 235 g/mol. The molecule has 0 aromatic rings. The Hall–Kier alpha value is -0.820. The van der Waals surface area contributed by atoms with Crippen LogP contribution in [0, 0.1) is 5.92 Å². The van der Waals surface area contributed by atoms with Crippen LogP contribution < -0.4 is 5.73 Å².